The van der Waals surface area contributed by atoms with Crippen molar-refractivity contribution in [1.29, 1.82) is 0 Å². The molecular weight excluding hydrogens is 452 g/mol. The molecule has 0 aromatic rings. The third-order valence-corrected chi connectivity index (χ3v) is 8.66. The summed E-state index contributed by atoms with van der Waals surface area (Å²) in [5, 5.41) is 11.2. The molecule has 2 saturated carbocycles. The van der Waals surface area contributed by atoms with E-state index in [2.05, 4.69) is 48.3 Å². The number of carbonyl (C=O) groups is 1. The van der Waals surface area contributed by atoms with Crippen molar-refractivity contribution >= 4 is 21.9 Å². The maximum atomic E-state index is 12.2. The second kappa shape index (κ2) is 11.0. The van der Waals surface area contributed by atoms with Gasteiger partial charge in [-0.1, -0.05) is 55.3 Å². The molecule has 2 aliphatic rings. The topological polar surface area (TPSA) is 46.5 Å². The Labute approximate surface area is 199 Å². The first-order valence-corrected chi connectivity index (χ1v) is 13.2. The van der Waals surface area contributed by atoms with E-state index in [4.69, 9.17) is 4.74 Å². The Morgan fingerprint density at radius 1 is 1.39 bits per heavy atom. The van der Waals surface area contributed by atoms with E-state index < -0.39 is 11.5 Å². The molecule has 2 rings (SSSR count). The van der Waals surface area contributed by atoms with Crippen LogP contribution in [0.2, 0.25) is 0 Å². The van der Waals surface area contributed by atoms with E-state index in [-0.39, 0.29) is 18.5 Å². The van der Waals surface area contributed by atoms with Crippen LogP contribution in [-0.2, 0) is 9.53 Å². The van der Waals surface area contributed by atoms with Gasteiger partial charge in [0, 0.05) is 5.92 Å². The maximum absolute atomic E-state index is 12.2. The number of allylic oxidation sites excluding steroid dienone is 1. The molecule has 178 valence electrons. The van der Waals surface area contributed by atoms with Crippen LogP contribution < -0.4 is 0 Å². The molecule has 31 heavy (non-hydrogen) atoms. The monoisotopic (exact) mass is 496 g/mol. The van der Waals surface area contributed by atoms with Crippen LogP contribution in [0.15, 0.2) is 22.7 Å². The van der Waals surface area contributed by atoms with Gasteiger partial charge in [0.2, 0.25) is 0 Å². The van der Waals surface area contributed by atoms with Crippen molar-refractivity contribution in [2.45, 2.75) is 99.0 Å². The molecule has 0 radical (unpaired) electrons. The van der Waals surface area contributed by atoms with Crippen molar-refractivity contribution < 1.29 is 14.6 Å². The van der Waals surface area contributed by atoms with Crippen molar-refractivity contribution in [2.24, 2.45) is 34.5 Å². The Kier molecular flexibility index (Phi) is 9.46. The van der Waals surface area contributed by atoms with Crippen LogP contribution in [-0.4, -0.2) is 23.8 Å². The van der Waals surface area contributed by atoms with Crippen LogP contribution in [0, 0.1) is 34.5 Å². The normalized spacial score (nSPS) is 30.5. The van der Waals surface area contributed by atoms with Gasteiger partial charge in [0.15, 0.2) is 0 Å². The van der Waals surface area contributed by atoms with Crippen molar-refractivity contribution in [1.82, 2.24) is 0 Å². The Balaban J connectivity index is 2.02. The molecule has 0 heterocycles. The third kappa shape index (κ3) is 6.25. The molecule has 0 aromatic heterocycles. The number of esters is 1. The number of fused-ring (bicyclic) bond motifs is 1. The SMILES string of the molecule is C=C(COC(=O)C(C)(C)C)[C@@H](CCC)[C@H](O)C[C@@H](C)[C@H]1CC[C@H]2/C(=C/Br)CCC[C@]12C. The fraction of sp³-hybridized carbons (Fsp3) is 0.815. The van der Waals surface area contributed by atoms with Crippen LogP contribution in [0.1, 0.15) is 92.9 Å². The summed E-state index contributed by atoms with van der Waals surface area (Å²) in [7, 11) is 0. The fourth-order valence-corrected chi connectivity index (χ4v) is 6.86. The van der Waals surface area contributed by atoms with Gasteiger partial charge >= 0.3 is 5.97 Å². The summed E-state index contributed by atoms with van der Waals surface area (Å²) in [5.41, 5.74) is 2.25. The van der Waals surface area contributed by atoms with Gasteiger partial charge in [-0.25, -0.2) is 0 Å². The highest BCUT2D eigenvalue weighted by atomic mass is 79.9. The number of aliphatic hydroxyl groups is 1. The zero-order valence-corrected chi connectivity index (χ0v) is 22.3. The van der Waals surface area contributed by atoms with Crippen molar-refractivity contribution in [3.8, 4) is 0 Å². The van der Waals surface area contributed by atoms with Gasteiger partial charge in [-0.2, -0.15) is 0 Å². The largest absolute Gasteiger partial charge is 0.461 e. The van der Waals surface area contributed by atoms with Crippen LogP contribution in [0.4, 0.5) is 0 Å². The Bertz CT molecular complexity index is 662. The number of rotatable bonds is 9. The number of hydrogen-bond acceptors (Lipinski definition) is 3. The smallest absolute Gasteiger partial charge is 0.311 e. The van der Waals surface area contributed by atoms with E-state index in [0.717, 1.165) is 24.8 Å². The van der Waals surface area contributed by atoms with E-state index in [1.54, 1.807) is 5.57 Å². The van der Waals surface area contributed by atoms with Gasteiger partial charge in [-0.05, 0) is 99.4 Å². The molecule has 2 fully saturated rings. The standard InChI is InChI=1S/C27H45BrO3/c1-8-10-21(19(3)17-31-25(30)26(4,5)6)24(29)15-18(2)22-12-13-23-20(16-28)11-9-14-27(22,23)7/h16,18,21-24,29H,3,8-15,17H2,1-2,4-7H3/b20-16+/t18-,21-,22-,23+,24-,27-/m1/s1. The molecule has 0 unspecified atom stereocenters. The molecule has 0 aromatic carbocycles. The molecule has 0 saturated heterocycles. The number of aliphatic hydroxyl groups excluding tert-OH is 1. The molecule has 2 aliphatic carbocycles. The van der Waals surface area contributed by atoms with Crippen molar-refractivity contribution in [3.05, 3.63) is 22.7 Å². The van der Waals surface area contributed by atoms with Gasteiger partial charge in [0.05, 0.1) is 11.5 Å². The lowest BCUT2D eigenvalue weighted by molar-refractivity contribution is -0.152. The highest BCUT2D eigenvalue weighted by Gasteiger charge is 2.50. The summed E-state index contributed by atoms with van der Waals surface area (Å²) in [5.74, 6) is 1.55. The van der Waals surface area contributed by atoms with E-state index in [1.807, 2.05) is 20.8 Å². The zero-order chi connectivity index (χ0) is 23.4. The molecule has 0 aliphatic heterocycles. The number of carbonyl (C=O) groups excluding carboxylic acids is 1. The van der Waals surface area contributed by atoms with Gasteiger partial charge in [0.25, 0.3) is 0 Å². The molecular formula is C27H45BrO3. The summed E-state index contributed by atoms with van der Waals surface area (Å²) in [6.07, 6.45) is 8.51. The van der Waals surface area contributed by atoms with E-state index in [0.29, 0.717) is 23.2 Å². The highest BCUT2D eigenvalue weighted by molar-refractivity contribution is 9.11. The molecule has 0 spiro atoms. The van der Waals surface area contributed by atoms with Crippen LogP contribution >= 0.6 is 15.9 Å². The summed E-state index contributed by atoms with van der Waals surface area (Å²) in [6, 6.07) is 0. The molecule has 3 nitrogen and oxygen atoms in total. The maximum Gasteiger partial charge on any atom is 0.311 e. The minimum Gasteiger partial charge on any atom is -0.461 e. The quantitative estimate of drug-likeness (QED) is 0.266. The second-order valence-electron chi connectivity index (χ2n) is 11.4. The van der Waals surface area contributed by atoms with Gasteiger partial charge in [0.1, 0.15) is 6.61 Å². The highest BCUT2D eigenvalue weighted by Crippen LogP contribution is 2.60. The molecule has 4 heteroatoms. The number of hydrogen-bond donors (Lipinski definition) is 1. The minimum absolute atomic E-state index is 0.0189. The first-order valence-electron chi connectivity index (χ1n) is 12.3. The lowest BCUT2D eigenvalue weighted by Crippen LogP contribution is -2.37. The second-order valence-corrected chi connectivity index (χ2v) is 11.9. The van der Waals surface area contributed by atoms with Crippen molar-refractivity contribution in [2.75, 3.05) is 6.61 Å². The lowest BCUT2D eigenvalue weighted by Gasteiger charge is -2.44. The first kappa shape index (κ1) is 26.6. The predicted octanol–water partition coefficient (Wildman–Crippen LogP) is 7.43. The number of halogens is 1. The molecule has 0 amide bonds. The number of ether oxygens (including phenoxy) is 1. The van der Waals surface area contributed by atoms with E-state index in [9.17, 15) is 9.90 Å². The van der Waals surface area contributed by atoms with E-state index in [1.165, 1.54) is 32.1 Å². The summed E-state index contributed by atoms with van der Waals surface area (Å²) in [6.45, 7) is 16.9. The summed E-state index contributed by atoms with van der Waals surface area (Å²) >= 11 is 3.61. The van der Waals surface area contributed by atoms with Gasteiger partial charge in [-0.15, -0.1) is 0 Å². The Morgan fingerprint density at radius 3 is 2.65 bits per heavy atom. The van der Waals surface area contributed by atoms with Crippen LogP contribution in [0.3, 0.4) is 0 Å². The Morgan fingerprint density at radius 2 is 2.06 bits per heavy atom. The third-order valence-electron chi connectivity index (χ3n) is 8.07. The fourth-order valence-electron chi connectivity index (χ4n) is 6.32. The van der Waals surface area contributed by atoms with Crippen LogP contribution in [0.5, 0.6) is 0 Å². The minimum atomic E-state index is -0.523. The summed E-state index contributed by atoms with van der Waals surface area (Å²) < 4.78 is 5.50. The zero-order valence-electron chi connectivity index (χ0n) is 20.7. The average molecular weight is 498 g/mol. The predicted molar refractivity (Wildman–Crippen MR) is 133 cm³/mol. The van der Waals surface area contributed by atoms with Gasteiger partial charge < -0.3 is 9.84 Å². The molecule has 0 bridgehead atoms. The van der Waals surface area contributed by atoms with Crippen LogP contribution in [0.25, 0.3) is 0 Å². The Hall–Kier alpha value is -0.610. The first-order chi connectivity index (χ1) is 14.5. The lowest BCUT2D eigenvalue weighted by atomic mass is 9.61. The van der Waals surface area contributed by atoms with Gasteiger partial charge in [-0.3, -0.25) is 4.79 Å². The molecule has 1 N–H and O–H groups in total. The van der Waals surface area contributed by atoms with Crippen molar-refractivity contribution in [3.63, 3.8) is 0 Å². The average Bonchev–Trinajstić information content (AvgIpc) is 3.06. The molecule has 6 atom stereocenters. The van der Waals surface area contributed by atoms with E-state index >= 15 is 0 Å². The summed E-state index contributed by atoms with van der Waals surface area (Å²) in [4.78, 5) is 14.3.